The molecule has 0 unspecified atom stereocenters. The molecular weight excluding hydrogens is 226 g/mol. The third-order valence-electron chi connectivity index (χ3n) is 3.48. The molecule has 0 aliphatic carbocycles. The van der Waals surface area contributed by atoms with Gasteiger partial charge in [-0.15, -0.1) is 0 Å². The molecule has 3 heteroatoms. The number of hydrogen-bond acceptors (Lipinski definition) is 2. The van der Waals surface area contributed by atoms with Crippen LogP contribution in [0.5, 0.6) is 0 Å². The minimum Gasteiger partial charge on any atom is -0.459 e. The van der Waals surface area contributed by atoms with E-state index in [1.54, 1.807) is 12.1 Å². The molecule has 1 aliphatic rings. The van der Waals surface area contributed by atoms with E-state index in [0.29, 0.717) is 11.7 Å². The Hall–Kier alpha value is -2.03. The molecule has 92 valence electrons. The topological polar surface area (TPSA) is 33.5 Å². The van der Waals surface area contributed by atoms with Crippen LogP contribution in [0.4, 0.5) is 0 Å². The van der Waals surface area contributed by atoms with E-state index in [1.165, 1.54) is 11.8 Å². The molecule has 1 saturated heterocycles. The average molecular weight is 241 g/mol. The van der Waals surface area contributed by atoms with Gasteiger partial charge in [-0.05, 0) is 24.1 Å². The van der Waals surface area contributed by atoms with Gasteiger partial charge in [0.2, 0.25) is 0 Å². The fourth-order valence-corrected chi connectivity index (χ4v) is 2.50. The predicted molar refractivity (Wildman–Crippen MR) is 68.4 cm³/mol. The van der Waals surface area contributed by atoms with Crippen LogP contribution in [-0.4, -0.2) is 23.9 Å². The predicted octanol–water partition coefficient (Wildman–Crippen LogP) is 2.91. The second kappa shape index (κ2) is 4.69. The zero-order valence-corrected chi connectivity index (χ0v) is 10.1. The quantitative estimate of drug-likeness (QED) is 0.810. The van der Waals surface area contributed by atoms with E-state index in [9.17, 15) is 4.79 Å². The lowest BCUT2D eigenvalue weighted by atomic mass is 9.99. The zero-order chi connectivity index (χ0) is 12.4. The van der Waals surface area contributed by atoms with E-state index in [2.05, 4.69) is 12.1 Å². The summed E-state index contributed by atoms with van der Waals surface area (Å²) >= 11 is 0. The van der Waals surface area contributed by atoms with Crippen LogP contribution in [0.25, 0.3) is 0 Å². The van der Waals surface area contributed by atoms with Gasteiger partial charge in [-0.2, -0.15) is 0 Å². The maximum absolute atomic E-state index is 12.1. The first-order valence-electron chi connectivity index (χ1n) is 6.22. The van der Waals surface area contributed by atoms with Gasteiger partial charge >= 0.3 is 0 Å². The van der Waals surface area contributed by atoms with Crippen molar-refractivity contribution in [2.75, 3.05) is 13.1 Å². The van der Waals surface area contributed by atoms with Crippen molar-refractivity contribution in [3.63, 3.8) is 0 Å². The smallest absolute Gasteiger partial charge is 0.289 e. The largest absolute Gasteiger partial charge is 0.459 e. The van der Waals surface area contributed by atoms with E-state index < -0.39 is 0 Å². The van der Waals surface area contributed by atoms with Gasteiger partial charge in [-0.3, -0.25) is 4.79 Å². The maximum atomic E-state index is 12.1. The Morgan fingerprint density at radius 3 is 2.72 bits per heavy atom. The Morgan fingerprint density at radius 2 is 2.00 bits per heavy atom. The second-order valence-electron chi connectivity index (χ2n) is 4.62. The first-order valence-corrected chi connectivity index (χ1v) is 6.22. The van der Waals surface area contributed by atoms with Crippen LogP contribution in [0.1, 0.15) is 28.5 Å². The third kappa shape index (κ3) is 2.04. The summed E-state index contributed by atoms with van der Waals surface area (Å²) in [5.74, 6) is 0.882. The van der Waals surface area contributed by atoms with Gasteiger partial charge in [0, 0.05) is 19.0 Å². The molecular formula is C15H15NO2. The molecule has 0 bridgehead atoms. The lowest BCUT2D eigenvalue weighted by Crippen LogP contribution is -2.28. The van der Waals surface area contributed by atoms with Gasteiger partial charge in [0.1, 0.15) is 0 Å². The molecule has 18 heavy (non-hydrogen) atoms. The van der Waals surface area contributed by atoms with E-state index in [-0.39, 0.29) is 5.91 Å². The summed E-state index contributed by atoms with van der Waals surface area (Å²) in [6.45, 7) is 1.59. The first kappa shape index (κ1) is 11.1. The number of benzene rings is 1. The summed E-state index contributed by atoms with van der Waals surface area (Å²) in [6, 6.07) is 13.8. The molecule has 1 atom stereocenters. The third-order valence-corrected chi connectivity index (χ3v) is 3.48. The summed E-state index contributed by atoms with van der Waals surface area (Å²) in [5, 5.41) is 0. The van der Waals surface area contributed by atoms with Crippen molar-refractivity contribution < 1.29 is 9.21 Å². The minimum absolute atomic E-state index is 0.00145. The lowest BCUT2D eigenvalue weighted by molar-refractivity contribution is 0.0759. The van der Waals surface area contributed by atoms with Gasteiger partial charge in [0.05, 0.1) is 6.26 Å². The molecule has 1 aromatic carbocycles. The summed E-state index contributed by atoms with van der Waals surface area (Å²) in [7, 11) is 0. The van der Waals surface area contributed by atoms with Gasteiger partial charge < -0.3 is 9.32 Å². The van der Waals surface area contributed by atoms with E-state index in [4.69, 9.17) is 4.42 Å². The second-order valence-corrected chi connectivity index (χ2v) is 4.62. The van der Waals surface area contributed by atoms with Crippen LogP contribution in [0.2, 0.25) is 0 Å². The van der Waals surface area contributed by atoms with Crippen molar-refractivity contribution in [3.05, 3.63) is 60.1 Å². The fraction of sp³-hybridized carbons (Fsp3) is 0.267. The van der Waals surface area contributed by atoms with Gasteiger partial charge in [0.15, 0.2) is 5.76 Å². The van der Waals surface area contributed by atoms with Crippen molar-refractivity contribution in [1.82, 2.24) is 4.90 Å². The van der Waals surface area contributed by atoms with E-state index >= 15 is 0 Å². The summed E-state index contributed by atoms with van der Waals surface area (Å²) in [6.07, 6.45) is 2.56. The highest BCUT2D eigenvalue weighted by atomic mass is 16.3. The number of nitrogens with zero attached hydrogens (tertiary/aromatic N) is 1. The number of carbonyl (C=O) groups excluding carboxylic acids is 1. The molecule has 0 saturated carbocycles. The Morgan fingerprint density at radius 1 is 1.17 bits per heavy atom. The van der Waals surface area contributed by atoms with Crippen molar-refractivity contribution >= 4 is 5.91 Å². The van der Waals surface area contributed by atoms with Crippen molar-refractivity contribution in [1.29, 1.82) is 0 Å². The summed E-state index contributed by atoms with van der Waals surface area (Å²) < 4.78 is 5.16. The van der Waals surface area contributed by atoms with Crippen LogP contribution in [0, 0.1) is 0 Å². The van der Waals surface area contributed by atoms with Crippen molar-refractivity contribution in [3.8, 4) is 0 Å². The highest BCUT2D eigenvalue weighted by Crippen LogP contribution is 2.27. The number of furan rings is 1. The van der Waals surface area contributed by atoms with Gasteiger partial charge in [0.25, 0.3) is 5.91 Å². The standard InChI is InChI=1S/C15H15NO2/c17-15(14-7-4-10-18-14)16-9-8-13(11-16)12-5-2-1-3-6-12/h1-7,10,13H,8-9,11H2/t13-/m1/s1. The molecule has 0 spiro atoms. The molecule has 0 N–H and O–H groups in total. The monoisotopic (exact) mass is 241 g/mol. The van der Waals surface area contributed by atoms with E-state index in [0.717, 1.165) is 19.5 Å². The number of hydrogen-bond donors (Lipinski definition) is 0. The van der Waals surface area contributed by atoms with Crippen molar-refractivity contribution in [2.45, 2.75) is 12.3 Å². The average Bonchev–Trinajstić information content (AvgIpc) is 3.10. The van der Waals surface area contributed by atoms with Crippen LogP contribution < -0.4 is 0 Å². The SMILES string of the molecule is O=C(c1ccco1)N1CC[C@@H](c2ccccc2)C1. The molecule has 1 fully saturated rings. The Labute approximate surface area is 106 Å². The normalized spacial score (nSPS) is 19.1. The molecule has 3 rings (SSSR count). The summed E-state index contributed by atoms with van der Waals surface area (Å²) in [4.78, 5) is 14.0. The van der Waals surface area contributed by atoms with Gasteiger partial charge in [-0.25, -0.2) is 0 Å². The Bertz CT molecular complexity index is 519. The Kier molecular flexibility index (Phi) is 2.89. The highest BCUT2D eigenvalue weighted by molar-refractivity contribution is 5.91. The highest BCUT2D eigenvalue weighted by Gasteiger charge is 2.28. The number of likely N-dealkylation sites (tertiary alicyclic amines) is 1. The first-order chi connectivity index (χ1) is 8.84. The minimum atomic E-state index is -0.00145. The molecule has 1 amide bonds. The molecule has 3 nitrogen and oxygen atoms in total. The Balaban J connectivity index is 1.71. The van der Waals surface area contributed by atoms with Crippen molar-refractivity contribution in [2.24, 2.45) is 0 Å². The molecule has 1 aliphatic heterocycles. The zero-order valence-electron chi connectivity index (χ0n) is 10.1. The van der Waals surface area contributed by atoms with E-state index in [1.807, 2.05) is 23.1 Å². The van der Waals surface area contributed by atoms with Crippen LogP contribution >= 0.6 is 0 Å². The van der Waals surface area contributed by atoms with Crippen LogP contribution in [0.15, 0.2) is 53.1 Å². The molecule has 0 radical (unpaired) electrons. The number of rotatable bonds is 2. The maximum Gasteiger partial charge on any atom is 0.289 e. The van der Waals surface area contributed by atoms with Gasteiger partial charge in [-0.1, -0.05) is 30.3 Å². The summed E-state index contributed by atoms with van der Waals surface area (Å²) in [5.41, 5.74) is 1.31. The molecule has 2 aromatic rings. The molecule has 2 heterocycles. The number of carbonyl (C=O) groups is 1. The van der Waals surface area contributed by atoms with Crippen LogP contribution in [-0.2, 0) is 0 Å². The lowest BCUT2D eigenvalue weighted by Gasteiger charge is -2.15. The molecule has 1 aromatic heterocycles. The fourth-order valence-electron chi connectivity index (χ4n) is 2.50. The number of amides is 1. The van der Waals surface area contributed by atoms with Crippen LogP contribution in [0.3, 0.4) is 0 Å².